The zero-order valence-electron chi connectivity index (χ0n) is 10.4. The first-order chi connectivity index (χ1) is 8.65. The van der Waals surface area contributed by atoms with Crippen LogP contribution >= 0.6 is 11.6 Å². The number of aromatic nitrogens is 1. The lowest BCUT2D eigenvalue weighted by Crippen LogP contribution is -2.28. The smallest absolute Gasteiger partial charge is 0.271 e. The van der Waals surface area contributed by atoms with E-state index in [1.54, 1.807) is 12.1 Å². The SMILES string of the molecule is CCCCOCCNC(=O)c1nc(N)ccc1Cl. The lowest BCUT2D eigenvalue weighted by molar-refractivity contribution is 0.0908. The van der Waals surface area contributed by atoms with Gasteiger partial charge in [0.1, 0.15) is 11.5 Å². The third-order valence-corrected chi connectivity index (χ3v) is 2.56. The molecule has 1 heterocycles. The fraction of sp³-hybridized carbons (Fsp3) is 0.500. The predicted molar refractivity (Wildman–Crippen MR) is 71.7 cm³/mol. The van der Waals surface area contributed by atoms with E-state index in [0.29, 0.717) is 19.8 Å². The highest BCUT2D eigenvalue weighted by molar-refractivity contribution is 6.33. The third-order valence-electron chi connectivity index (χ3n) is 2.26. The Labute approximate surface area is 112 Å². The van der Waals surface area contributed by atoms with Gasteiger partial charge in [0, 0.05) is 13.2 Å². The zero-order valence-corrected chi connectivity index (χ0v) is 11.2. The minimum absolute atomic E-state index is 0.144. The van der Waals surface area contributed by atoms with Crippen LogP contribution in [0.1, 0.15) is 30.3 Å². The van der Waals surface area contributed by atoms with Crippen molar-refractivity contribution in [2.24, 2.45) is 0 Å². The van der Waals surface area contributed by atoms with Crippen molar-refractivity contribution in [2.75, 3.05) is 25.5 Å². The molecule has 1 aromatic rings. The Morgan fingerprint density at radius 2 is 2.28 bits per heavy atom. The van der Waals surface area contributed by atoms with Gasteiger partial charge in [-0.3, -0.25) is 4.79 Å². The van der Waals surface area contributed by atoms with Crippen LogP contribution in [0, 0.1) is 0 Å². The standard InChI is InChI=1S/C12H18ClN3O2/c1-2-3-7-18-8-6-15-12(17)11-9(13)4-5-10(14)16-11/h4-5H,2-3,6-8H2,1H3,(H2,14,16)(H,15,17). The molecule has 0 fully saturated rings. The number of ether oxygens (including phenoxy) is 1. The Bertz CT molecular complexity index is 399. The second-order valence-corrected chi connectivity index (χ2v) is 4.20. The maximum absolute atomic E-state index is 11.7. The maximum Gasteiger partial charge on any atom is 0.271 e. The van der Waals surface area contributed by atoms with Crippen LogP contribution in [0.5, 0.6) is 0 Å². The van der Waals surface area contributed by atoms with Crippen LogP contribution < -0.4 is 11.1 Å². The van der Waals surface area contributed by atoms with Crippen LogP contribution in [0.25, 0.3) is 0 Å². The highest BCUT2D eigenvalue weighted by Gasteiger charge is 2.11. The number of nitrogens with one attached hydrogen (secondary N) is 1. The van der Waals surface area contributed by atoms with Gasteiger partial charge in [0.2, 0.25) is 0 Å². The molecule has 0 saturated heterocycles. The number of unbranched alkanes of at least 4 members (excludes halogenated alkanes) is 1. The molecule has 0 spiro atoms. The van der Waals surface area contributed by atoms with E-state index in [1.807, 2.05) is 0 Å². The minimum Gasteiger partial charge on any atom is -0.384 e. The molecule has 3 N–H and O–H groups in total. The van der Waals surface area contributed by atoms with Gasteiger partial charge in [-0.2, -0.15) is 0 Å². The van der Waals surface area contributed by atoms with E-state index in [0.717, 1.165) is 12.8 Å². The first kappa shape index (κ1) is 14.7. The predicted octanol–water partition coefficient (Wildman–Crippen LogP) is 1.86. The quantitative estimate of drug-likeness (QED) is 0.742. The number of nitrogens with two attached hydrogens (primary N) is 1. The summed E-state index contributed by atoms with van der Waals surface area (Å²) in [7, 11) is 0. The van der Waals surface area contributed by atoms with Crippen LogP contribution in [0.2, 0.25) is 5.02 Å². The van der Waals surface area contributed by atoms with Gasteiger partial charge < -0.3 is 15.8 Å². The molecule has 5 nitrogen and oxygen atoms in total. The highest BCUT2D eigenvalue weighted by Crippen LogP contribution is 2.14. The number of carbonyl (C=O) groups excluding carboxylic acids is 1. The average molecular weight is 272 g/mol. The summed E-state index contributed by atoms with van der Waals surface area (Å²) in [6, 6.07) is 3.10. The number of anilines is 1. The molecule has 0 aromatic carbocycles. The molecule has 1 aromatic heterocycles. The van der Waals surface area contributed by atoms with Crippen molar-refractivity contribution in [1.29, 1.82) is 0 Å². The monoisotopic (exact) mass is 271 g/mol. The summed E-state index contributed by atoms with van der Waals surface area (Å²) in [6.07, 6.45) is 2.12. The molecule has 0 bridgehead atoms. The Hall–Kier alpha value is -1.33. The van der Waals surface area contributed by atoms with Crippen molar-refractivity contribution < 1.29 is 9.53 Å². The lowest BCUT2D eigenvalue weighted by atomic mass is 10.3. The largest absolute Gasteiger partial charge is 0.384 e. The van der Waals surface area contributed by atoms with Gasteiger partial charge in [0.25, 0.3) is 5.91 Å². The first-order valence-corrected chi connectivity index (χ1v) is 6.31. The normalized spacial score (nSPS) is 10.3. The number of hydrogen-bond donors (Lipinski definition) is 2. The van der Waals surface area contributed by atoms with Crippen LogP contribution in [0.3, 0.4) is 0 Å². The Morgan fingerprint density at radius 3 is 3.00 bits per heavy atom. The van der Waals surface area contributed by atoms with E-state index in [-0.39, 0.29) is 22.4 Å². The molecule has 0 unspecified atom stereocenters. The van der Waals surface area contributed by atoms with Crippen molar-refractivity contribution in [3.05, 3.63) is 22.8 Å². The zero-order chi connectivity index (χ0) is 13.4. The fourth-order valence-electron chi connectivity index (χ4n) is 1.29. The molecule has 0 radical (unpaired) electrons. The number of rotatable bonds is 7. The number of hydrogen-bond acceptors (Lipinski definition) is 4. The number of nitrogen functional groups attached to an aromatic ring is 1. The fourth-order valence-corrected chi connectivity index (χ4v) is 1.48. The summed E-state index contributed by atoms with van der Waals surface area (Å²) < 4.78 is 5.32. The average Bonchev–Trinajstić information content (AvgIpc) is 2.36. The second-order valence-electron chi connectivity index (χ2n) is 3.79. The number of halogens is 1. The van der Waals surface area contributed by atoms with E-state index in [9.17, 15) is 4.79 Å². The van der Waals surface area contributed by atoms with E-state index in [1.165, 1.54) is 0 Å². The molecule has 0 aliphatic heterocycles. The third kappa shape index (κ3) is 4.89. The molecule has 0 aliphatic carbocycles. The van der Waals surface area contributed by atoms with Gasteiger partial charge in [-0.15, -0.1) is 0 Å². The molecular formula is C12H18ClN3O2. The molecule has 1 amide bonds. The van der Waals surface area contributed by atoms with Crippen molar-refractivity contribution in [3.8, 4) is 0 Å². The van der Waals surface area contributed by atoms with Crippen molar-refractivity contribution >= 4 is 23.3 Å². The van der Waals surface area contributed by atoms with E-state index >= 15 is 0 Å². The topological polar surface area (TPSA) is 77.2 Å². The van der Waals surface area contributed by atoms with Gasteiger partial charge in [-0.25, -0.2) is 4.98 Å². The second kappa shape index (κ2) is 7.89. The molecule has 0 aliphatic rings. The van der Waals surface area contributed by atoms with Crippen LogP contribution in [-0.4, -0.2) is 30.6 Å². The Kier molecular flexibility index (Phi) is 6.46. The van der Waals surface area contributed by atoms with Crippen LogP contribution in [0.4, 0.5) is 5.82 Å². The summed E-state index contributed by atoms with van der Waals surface area (Å²) in [6.45, 7) is 3.71. The number of nitrogens with zero attached hydrogens (tertiary/aromatic N) is 1. The molecular weight excluding hydrogens is 254 g/mol. The van der Waals surface area contributed by atoms with Gasteiger partial charge >= 0.3 is 0 Å². The van der Waals surface area contributed by atoms with E-state index in [2.05, 4.69) is 17.2 Å². The van der Waals surface area contributed by atoms with E-state index in [4.69, 9.17) is 22.1 Å². The number of carbonyl (C=O) groups is 1. The Balaban J connectivity index is 2.34. The van der Waals surface area contributed by atoms with Gasteiger partial charge in [0.05, 0.1) is 11.6 Å². The summed E-state index contributed by atoms with van der Waals surface area (Å²) in [5, 5.41) is 2.96. The lowest BCUT2D eigenvalue weighted by Gasteiger charge is -2.07. The Morgan fingerprint density at radius 1 is 1.50 bits per heavy atom. The molecule has 6 heteroatoms. The highest BCUT2D eigenvalue weighted by atomic mass is 35.5. The van der Waals surface area contributed by atoms with Crippen LogP contribution in [-0.2, 0) is 4.74 Å². The maximum atomic E-state index is 11.7. The van der Waals surface area contributed by atoms with Gasteiger partial charge in [-0.1, -0.05) is 24.9 Å². The van der Waals surface area contributed by atoms with Gasteiger partial charge in [0.15, 0.2) is 0 Å². The molecule has 18 heavy (non-hydrogen) atoms. The van der Waals surface area contributed by atoms with Gasteiger partial charge in [-0.05, 0) is 18.6 Å². The summed E-state index contributed by atoms with van der Waals surface area (Å²) in [5.41, 5.74) is 5.64. The number of pyridine rings is 1. The number of amides is 1. The summed E-state index contributed by atoms with van der Waals surface area (Å²) in [4.78, 5) is 15.6. The molecule has 1 rings (SSSR count). The summed E-state index contributed by atoms with van der Waals surface area (Å²) >= 11 is 5.86. The minimum atomic E-state index is -0.341. The van der Waals surface area contributed by atoms with E-state index < -0.39 is 0 Å². The molecule has 0 saturated carbocycles. The van der Waals surface area contributed by atoms with Crippen LogP contribution in [0.15, 0.2) is 12.1 Å². The molecule has 100 valence electrons. The first-order valence-electron chi connectivity index (χ1n) is 5.93. The van der Waals surface area contributed by atoms with Crippen molar-refractivity contribution in [2.45, 2.75) is 19.8 Å². The van der Waals surface area contributed by atoms with Crippen molar-refractivity contribution in [3.63, 3.8) is 0 Å². The van der Waals surface area contributed by atoms with Crippen molar-refractivity contribution in [1.82, 2.24) is 10.3 Å². The molecule has 0 atom stereocenters. The summed E-state index contributed by atoms with van der Waals surface area (Å²) in [5.74, 6) is -0.0739.